The van der Waals surface area contributed by atoms with E-state index in [-0.39, 0.29) is 0 Å². The van der Waals surface area contributed by atoms with Gasteiger partial charge in [0.1, 0.15) is 0 Å². The number of hydrogen-bond acceptors (Lipinski definition) is 4. The summed E-state index contributed by atoms with van der Waals surface area (Å²) in [6.07, 6.45) is 3.94. The Labute approximate surface area is 126 Å². The van der Waals surface area contributed by atoms with Crippen LogP contribution in [-0.2, 0) is 0 Å². The molecule has 2 N–H and O–H groups in total. The molecule has 3 rings (SSSR count). The molecule has 0 fully saturated rings. The van der Waals surface area contributed by atoms with Crippen molar-refractivity contribution in [1.82, 2.24) is 0 Å². The van der Waals surface area contributed by atoms with Crippen LogP contribution in [0.25, 0.3) is 11.1 Å². The number of thiophene rings is 2. The molecule has 0 spiro atoms. The maximum Gasteiger partial charge on any atom is 0.0882 e. The van der Waals surface area contributed by atoms with Crippen LogP contribution in [0, 0.1) is 24.7 Å². The van der Waals surface area contributed by atoms with E-state index >= 15 is 0 Å². The average molecular weight is 298 g/mol. The molecule has 0 atom stereocenters. The van der Waals surface area contributed by atoms with E-state index in [2.05, 4.69) is 26.0 Å². The van der Waals surface area contributed by atoms with E-state index in [4.69, 9.17) is 10.8 Å². The van der Waals surface area contributed by atoms with Gasteiger partial charge in [0.2, 0.25) is 0 Å². The average Bonchev–Trinajstić information content (AvgIpc) is 3.02. The third kappa shape index (κ3) is 2.21. The van der Waals surface area contributed by atoms with Crippen LogP contribution in [0.2, 0.25) is 0 Å². The first kappa shape index (κ1) is 13.2. The first-order chi connectivity index (χ1) is 9.56. The molecule has 0 unspecified atom stereocenters. The van der Waals surface area contributed by atoms with Gasteiger partial charge < -0.3 is 0 Å². The Bertz CT molecular complexity index is 706. The summed E-state index contributed by atoms with van der Waals surface area (Å²) in [5.74, 6) is 0. The third-order valence-corrected chi connectivity index (χ3v) is 5.28. The van der Waals surface area contributed by atoms with Gasteiger partial charge in [-0.3, -0.25) is 10.8 Å². The summed E-state index contributed by atoms with van der Waals surface area (Å²) >= 11 is 3.34. The monoisotopic (exact) mass is 298 g/mol. The molecular formula is C16H14N2S2. The van der Waals surface area contributed by atoms with Gasteiger partial charge in [0.25, 0.3) is 0 Å². The van der Waals surface area contributed by atoms with E-state index in [1.165, 1.54) is 9.75 Å². The van der Waals surface area contributed by atoms with Crippen LogP contribution < -0.4 is 0 Å². The van der Waals surface area contributed by atoms with Crippen LogP contribution in [0.1, 0.15) is 19.5 Å². The fraction of sp³-hybridized carbons (Fsp3) is 0.125. The van der Waals surface area contributed by atoms with Gasteiger partial charge in [0.05, 0.1) is 11.4 Å². The number of aryl methyl sites for hydroxylation is 2. The molecular weight excluding hydrogens is 284 g/mol. The largest absolute Gasteiger partial charge is 0.298 e. The maximum atomic E-state index is 8.26. The first-order valence-corrected chi connectivity index (χ1v) is 7.93. The number of rotatable bonds is 2. The summed E-state index contributed by atoms with van der Waals surface area (Å²) in [5.41, 5.74) is 2.33. The molecule has 0 saturated heterocycles. The summed E-state index contributed by atoms with van der Waals surface area (Å²) in [6, 6.07) is 8.17. The smallest absolute Gasteiger partial charge is 0.0882 e. The second-order valence-corrected chi connectivity index (χ2v) is 7.31. The van der Waals surface area contributed by atoms with Crippen molar-refractivity contribution in [2.75, 3.05) is 0 Å². The van der Waals surface area contributed by atoms with Crippen molar-refractivity contribution < 1.29 is 0 Å². The molecule has 0 bridgehead atoms. The lowest BCUT2D eigenvalue weighted by atomic mass is 9.92. The topological polar surface area (TPSA) is 47.7 Å². The van der Waals surface area contributed by atoms with E-state index in [0.29, 0.717) is 11.4 Å². The van der Waals surface area contributed by atoms with E-state index in [1.54, 1.807) is 22.7 Å². The number of hydrogen-bond donors (Lipinski definition) is 2. The Balaban J connectivity index is 2.04. The Morgan fingerprint density at radius 1 is 0.700 bits per heavy atom. The molecule has 0 aliphatic heterocycles. The van der Waals surface area contributed by atoms with Crippen LogP contribution in [0.15, 0.2) is 36.4 Å². The number of allylic oxidation sites excluding steroid dienone is 4. The van der Waals surface area contributed by atoms with Crippen molar-refractivity contribution in [2.24, 2.45) is 0 Å². The normalized spacial score (nSPS) is 15.3. The molecule has 100 valence electrons. The van der Waals surface area contributed by atoms with Crippen molar-refractivity contribution in [1.29, 1.82) is 10.8 Å². The zero-order valence-corrected chi connectivity index (χ0v) is 12.9. The van der Waals surface area contributed by atoms with Gasteiger partial charge in [-0.25, -0.2) is 0 Å². The highest BCUT2D eigenvalue weighted by molar-refractivity contribution is 7.14. The zero-order valence-electron chi connectivity index (χ0n) is 11.3. The maximum absolute atomic E-state index is 8.26. The second-order valence-electron chi connectivity index (χ2n) is 4.73. The molecule has 1 aliphatic rings. The van der Waals surface area contributed by atoms with Crippen LogP contribution in [0.4, 0.5) is 0 Å². The van der Waals surface area contributed by atoms with Crippen molar-refractivity contribution in [3.05, 3.63) is 55.9 Å². The van der Waals surface area contributed by atoms with Crippen LogP contribution >= 0.6 is 22.7 Å². The Morgan fingerprint density at radius 2 is 1.10 bits per heavy atom. The van der Waals surface area contributed by atoms with Gasteiger partial charge in [-0.1, -0.05) is 12.2 Å². The van der Waals surface area contributed by atoms with Crippen LogP contribution in [0.5, 0.6) is 0 Å². The number of nitrogens with one attached hydrogen (secondary N) is 2. The Hall–Kier alpha value is -1.78. The summed E-state index contributed by atoms with van der Waals surface area (Å²) in [5, 5.41) is 16.5. The highest BCUT2D eigenvalue weighted by Crippen LogP contribution is 2.33. The molecule has 0 aromatic carbocycles. The first-order valence-electron chi connectivity index (χ1n) is 6.30. The lowest BCUT2D eigenvalue weighted by Crippen LogP contribution is -2.17. The Kier molecular flexibility index (Phi) is 3.28. The summed E-state index contributed by atoms with van der Waals surface area (Å²) in [4.78, 5) is 4.58. The summed E-state index contributed by atoms with van der Waals surface area (Å²) < 4.78 is 0. The highest BCUT2D eigenvalue weighted by Gasteiger charge is 2.22. The lowest BCUT2D eigenvalue weighted by Gasteiger charge is -2.15. The minimum absolute atomic E-state index is 0.315. The lowest BCUT2D eigenvalue weighted by molar-refractivity contribution is 1.49. The molecule has 1 aliphatic carbocycles. The fourth-order valence-electron chi connectivity index (χ4n) is 2.17. The minimum Gasteiger partial charge on any atom is -0.298 e. The van der Waals surface area contributed by atoms with Gasteiger partial charge in [0, 0.05) is 30.7 Å². The SMILES string of the molecule is Cc1ccc(C2=CC=C(c3ccc(C)s3)C(=N)C2=N)s1. The minimum atomic E-state index is 0.315. The molecule has 0 amide bonds. The van der Waals surface area contributed by atoms with Crippen molar-refractivity contribution >= 4 is 45.2 Å². The molecule has 20 heavy (non-hydrogen) atoms. The van der Waals surface area contributed by atoms with Crippen molar-refractivity contribution in [3.63, 3.8) is 0 Å². The predicted octanol–water partition coefficient (Wildman–Crippen LogP) is 4.95. The van der Waals surface area contributed by atoms with Gasteiger partial charge >= 0.3 is 0 Å². The molecule has 0 saturated carbocycles. The highest BCUT2D eigenvalue weighted by atomic mass is 32.1. The van der Waals surface area contributed by atoms with Gasteiger partial charge in [-0.15, -0.1) is 22.7 Å². The van der Waals surface area contributed by atoms with Crippen LogP contribution in [-0.4, -0.2) is 11.4 Å². The molecule has 4 heteroatoms. The third-order valence-electron chi connectivity index (χ3n) is 3.22. The van der Waals surface area contributed by atoms with Gasteiger partial charge in [0.15, 0.2) is 0 Å². The molecule has 2 heterocycles. The molecule has 2 aromatic heterocycles. The second kappa shape index (κ2) is 4.96. The van der Waals surface area contributed by atoms with Crippen LogP contribution in [0.3, 0.4) is 0 Å². The van der Waals surface area contributed by atoms with E-state index < -0.39 is 0 Å². The molecule has 2 aromatic rings. The predicted molar refractivity (Wildman–Crippen MR) is 89.5 cm³/mol. The van der Waals surface area contributed by atoms with Gasteiger partial charge in [-0.2, -0.15) is 0 Å². The van der Waals surface area contributed by atoms with E-state index in [0.717, 1.165) is 20.9 Å². The Morgan fingerprint density at radius 3 is 1.40 bits per heavy atom. The zero-order chi connectivity index (χ0) is 14.3. The van der Waals surface area contributed by atoms with Gasteiger partial charge in [-0.05, 0) is 38.1 Å². The van der Waals surface area contributed by atoms with Crippen molar-refractivity contribution in [2.45, 2.75) is 13.8 Å². The summed E-state index contributed by atoms with van der Waals surface area (Å²) in [7, 11) is 0. The molecule has 0 radical (unpaired) electrons. The standard InChI is InChI=1S/C16H14N2S2/c1-9-3-7-13(19-9)11-5-6-12(16(18)15(11)17)14-8-4-10(2)20-14/h3-8,17-18H,1-2H3. The quantitative estimate of drug-likeness (QED) is 0.737. The summed E-state index contributed by atoms with van der Waals surface area (Å²) in [6.45, 7) is 4.12. The molecule has 2 nitrogen and oxygen atoms in total. The fourth-order valence-corrected chi connectivity index (χ4v) is 3.97. The van der Waals surface area contributed by atoms with E-state index in [1.807, 2.05) is 24.3 Å². The van der Waals surface area contributed by atoms with E-state index in [9.17, 15) is 0 Å². The van der Waals surface area contributed by atoms with Crippen molar-refractivity contribution in [3.8, 4) is 0 Å².